The van der Waals surface area contributed by atoms with Crippen molar-refractivity contribution in [3.05, 3.63) is 0 Å². The first-order valence-electron chi connectivity index (χ1n) is 6.51. The van der Waals surface area contributed by atoms with E-state index in [1.165, 1.54) is 6.42 Å². The van der Waals surface area contributed by atoms with Crippen molar-refractivity contribution in [1.82, 2.24) is 9.80 Å². The number of hydrogen-bond acceptors (Lipinski definition) is 4. The molecule has 0 radical (unpaired) electrons. The smallest absolute Gasteiger partial charge is 0.0674 e. The molecule has 0 amide bonds. The summed E-state index contributed by atoms with van der Waals surface area (Å²) in [5.74, 6) is 0. The molecule has 0 aromatic carbocycles. The molecule has 96 valence electrons. The van der Waals surface area contributed by atoms with Crippen LogP contribution in [-0.2, 0) is 0 Å². The van der Waals surface area contributed by atoms with E-state index in [4.69, 9.17) is 5.73 Å². The van der Waals surface area contributed by atoms with Gasteiger partial charge in [-0.25, -0.2) is 0 Å². The molecule has 1 aliphatic heterocycles. The SMILES string of the molecule is CCC(C)N1CCN(CCC(O)CN)CC1. The Morgan fingerprint density at radius 2 is 1.88 bits per heavy atom. The van der Waals surface area contributed by atoms with Crippen molar-refractivity contribution in [1.29, 1.82) is 0 Å². The molecule has 0 aromatic rings. The molecule has 4 nitrogen and oxygen atoms in total. The maximum Gasteiger partial charge on any atom is 0.0674 e. The fourth-order valence-electron chi connectivity index (χ4n) is 2.14. The van der Waals surface area contributed by atoms with Gasteiger partial charge < -0.3 is 15.7 Å². The first kappa shape index (κ1) is 13.9. The fraction of sp³-hybridized carbons (Fsp3) is 1.00. The summed E-state index contributed by atoms with van der Waals surface area (Å²) in [4.78, 5) is 4.98. The lowest BCUT2D eigenvalue weighted by Crippen LogP contribution is -2.49. The van der Waals surface area contributed by atoms with Gasteiger partial charge >= 0.3 is 0 Å². The monoisotopic (exact) mass is 229 g/mol. The van der Waals surface area contributed by atoms with Gasteiger partial charge in [0.05, 0.1) is 6.10 Å². The largest absolute Gasteiger partial charge is 0.392 e. The van der Waals surface area contributed by atoms with E-state index in [0.29, 0.717) is 12.6 Å². The summed E-state index contributed by atoms with van der Waals surface area (Å²) in [6, 6.07) is 0.705. The minimum absolute atomic E-state index is 0.326. The van der Waals surface area contributed by atoms with Gasteiger partial charge in [-0.3, -0.25) is 4.90 Å². The average molecular weight is 229 g/mol. The van der Waals surface area contributed by atoms with Crippen molar-refractivity contribution >= 4 is 0 Å². The summed E-state index contributed by atoms with van der Waals surface area (Å²) in [6.45, 7) is 10.5. The molecule has 0 bridgehead atoms. The van der Waals surface area contributed by atoms with Gasteiger partial charge in [0.15, 0.2) is 0 Å². The number of aliphatic hydroxyl groups excluding tert-OH is 1. The van der Waals surface area contributed by atoms with Gasteiger partial charge in [0, 0.05) is 45.3 Å². The van der Waals surface area contributed by atoms with Crippen LogP contribution in [0.5, 0.6) is 0 Å². The van der Waals surface area contributed by atoms with Crippen molar-refractivity contribution < 1.29 is 5.11 Å². The van der Waals surface area contributed by atoms with Crippen LogP contribution in [0.4, 0.5) is 0 Å². The van der Waals surface area contributed by atoms with Crippen LogP contribution in [0.3, 0.4) is 0 Å². The van der Waals surface area contributed by atoms with Gasteiger partial charge in [0.25, 0.3) is 0 Å². The molecule has 0 aliphatic carbocycles. The maximum absolute atomic E-state index is 9.40. The van der Waals surface area contributed by atoms with Gasteiger partial charge in [-0.05, 0) is 19.8 Å². The Bertz CT molecular complexity index is 181. The summed E-state index contributed by atoms with van der Waals surface area (Å²) in [5, 5.41) is 9.40. The van der Waals surface area contributed by atoms with Crippen molar-refractivity contribution in [3.63, 3.8) is 0 Å². The minimum Gasteiger partial charge on any atom is -0.392 e. The van der Waals surface area contributed by atoms with Gasteiger partial charge in [-0.15, -0.1) is 0 Å². The molecule has 0 aromatic heterocycles. The Morgan fingerprint density at radius 3 is 2.38 bits per heavy atom. The van der Waals surface area contributed by atoms with Crippen LogP contribution in [0.2, 0.25) is 0 Å². The van der Waals surface area contributed by atoms with Crippen LogP contribution in [0.15, 0.2) is 0 Å². The third-order valence-corrected chi connectivity index (χ3v) is 3.67. The van der Waals surface area contributed by atoms with Crippen molar-refractivity contribution in [3.8, 4) is 0 Å². The standard InChI is InChI=1S/C12H27N3O/c1-3-11(2)15-8-6-14(7-9-15)5-4-12(16)10-13/h11-12,16H,3-10,13H2,1-2H3. The minimum atomic E-state index is -0.326. The number of piperazine rings is 1. The van der Waals surface area contributed by atoms with Gasteiger partial charge in [-0.2, -0.15) is 0 Å². The zero-order valence-corrected chi connectivity index (χ0v) is 10.7. The molecule has 0 spiro atoms. The van der Waals surface area contributed by atoms with E-state index >= 15 is 0 Å². The summed E-state index contributed by atoms with van der Waals surface area (Å²) in [7, 11) is 0. The highest BCUT2D eigenvalue weighted by Crippen LogP contribution is 2.09. The zero-order chi connectivity index (χ0) is 12.0. The summed E-state index contributed by atoms with van der Waals surface area (Å²) >= 11 is 0. The first-order valence-corrected chi connectivity index (χ1v) is 6.51. The molecule has 0 saturated carbocycles. The van der Waals surface area contributed by atoms with E-state index in [-0.39, 0.29) is 6.10 Å². The van der Waals surface area contributed by atoms with E-state index in [1.54, 1.807) is 0 Å². The Labute approximate surface area is 99.4 Å². The first-order chi connectivity index (χ1) is 7.67. The van der Waals surface area contributed by atoms with Crippen molar-refractivity contribution in [2.45, 2.75) is 38.8 Å². The predicted molar refractivity (Wildman–Crippen MR) is 67.4 cm³/mol. The van der Waals surface area contributed by atoms with E-state index in [0.717, 1.165) is 39.1 Å². The third-order valence-electron chi connectivity index (χ3n) is 3.67. The van der Waals surface area contributed by atoms with Crippen molar-refractivity contribution in [2.24, 2.45) is 5.73 Å². The second-order valence-electron chi connectivity index (χ2n) is 4.81. The molecule has 3 N–H and O–H groups in total. The highest BCUT2D eigenvalue weighted by Gasteiger charge is 2.19. The molecular formula is C12H27N3O. The van der Waals surface area contributed by atoms with E-state index in [1.807, 2.05) is 0 Å². The Balaban J connectivity index is 2.17. The molecule has 1 rings (SSSR count). The van der Waals surface area contributed by atoms with Crippen LogP contribution in [0.25, 0.3) is 0 Å². The summed E-state index contributed by atoms with van der Waals surface area (Å²) in [5.41, 5.74) is 5.39. The van der Waals surface area contributed by atoms with Gasteiger partial charge in [0.2, 0.25) is 0 Å². The summed E-state index contributed by atoms with van der Waals surface area (Å²) < 4.78 is 0. The predicted octanol–water partition coefficient (Wildman–Crippen LogP) is 0.112. The van der Waals surface area contributed by atoms with Crippen LogP contribution in [0, 0.1) is 0 Å². The highest BCUT2D eigenvalue weighted by atomic mass is 16.3. The number of aliphatic hydroxyl groups is 1. The van der Waals surface area contributed by atoms with E-state index in [2.05, 4.69) is 23.6 Å². The number of nitrogens with two attached hydrogens (primary N) is 1. The normalized spacial score (nSPS) is 23.2. The lowest BCUT2D eigenvalue weighted by atomic mass is 10.1. The highest BCUT2D eigenvalue weighted by molar-refractivity contribution is 4.76. The molecule has 1 fully saturated rings. The molecule has 4 heteroatoms. The van der Waals surface area contributed by atoms with Crippen molar-refractivity contribution in [2.75, 3.05) is 39.3 Å². The molecular weight excluding hydrogens is 202 g/mol. The Morgan fingerprint density at radius 1 is 1.25 bits per heavy atom. The number of rotatable bonds is 6. The van der Waals surface area contributed by atoms with E-state index in [9.17, 15) is 5.11 Å². The number of nitrogens with zero attached hydrogens (tertiary/aromatic N) is 2. The lowest BCUT2D eigenvalue weighted by Gasteiger charge is -2.38. The second-order valence-corrected chi connectivity index (χ2v) is 4.81. The van der Waals surface area contributed by atoms with Gasteiger partial charge in [-0.1, -0.05) is 6.92 Å². The Kier molecular flexibility index (Phi) is 6.28. The molecule has 1 aliphatic rings. The summed E-state index contributed by atoms with van der Waals surface area (Å²) in [6.07, 6.45) is 1.71. The molecule has 2 atom stereocenters. The second kappa shape index (κ2) is 7.22. The van der Waals surface area contributed by atoms with Crippen LogP contribution in [-0.4, -0.2) is 66.3 Å². The average Bonchev–Trinajstić information content (AvgIpc) is 2.35. The fourth-order valence-corrected chi connectivity index (χ4v) is 2.14. The van der Waals surface area contributed by atoms with Gasteiger partial charge in [0.1, 0.15) is 0 Å². The molecule has 1 saturated heterocycles. The zero-order valence-electron chi connectivity index (χ0n) is 10.7. The topological polar surface area (TPSA) is 52.7 Å². The molecule has 1 heterocycles. The van der Waals surface area contributed by atoms with E-state index < -0.39 is 0 Å². The molecule has 16 heavy (non-hydrogen) atoms. The quantitative estimate of drug-likeness (QED) is 0.679. The third kappa shape index (κ3) is 4.37. The number of hydrogen-bond donors (Lipinski definition) is 2. The Hall–Kier alpha value is -0.160. The van der Waals surface area contributed by atoms with Crippen LogP contribution >= 0.6 is 0 Å². The lowest BCUT2D eigenvalue weighted by molar-refractivity contribution is 0.0847. The maximum atomic E-state index is 9.40. The van der Waals surface area contributed by atoms with Crippen LogP contribution in [0.1, 0.15) is 26.7 Å². The molecule has 2 unspecified atom stereocenters. The van der Waals surface area contributed by atoms with Crippen LogP contribution < -0.4 is 5.73 Å².